The lowest BCUT2D eigenvalue weighted by Gasteiger charge is -2.12. The van der Waals surface area contributed by atoms with Gasteiger partial charge in [0.25, 0.3) is 0 Å². The van der Waals surface area contributed by atoms with Gasteiger partial charge in [-0.25, -0.2) is 0 Å². The van der Waals surface area contributed by atoms with Crippen molar-refractivity contribution in [1.29, 1.82) is 0 Å². The molecule has 0 saturated carbocycles. The minimum Gasteiger partial charge on any atom is -0.491 e. The Kier molecular flexibility index (Phi) is 5.01. The highest BCUT2D eigenvalue weighted by atomic mass is 16.5. The first kappa shape index (κ1) is 13.6. The van der Waals surface area contributed by atoms with Crippen molar-refractivity contribution in [3.63, 3.8) is 0 Å². The van der Waals surface area contributed by atoms with E-state index in [4.69, 9.17) is 4.74 Å². The second kappa shape index (κ2) is 6.28. The molecule has 17 heavy (non-hydrogen) atoms. The fourth-order valence-corrected chi connectivity index (χ4v) is 1.34. The molecule has 1 N–H and O–H groups in total. The normalized spacial score (nSPS) is 12.3. The first-order chi connectivity index (χ1) is 8.02. The molecule has 1 amide bonds. The summed E-state index contributed by atoms with van der Waals surface area (Å²) in [4.78, 5) is 11.7. The van der Waals surface area contributed by atoms with Crippen molar-refractivity contribution in [2.75, 3.05) is 5.32 Å². The number of carbonyl (C=O) groups excluding carboxylic acids is 1. The molecule has 1 aromatic carbocycles. The van der Waals surface area contributed by atoms with Crippen LogP contribution in [0.1, 0.15) is 34.1 Å². The molecule has 0 heterocycles. The fourth-order valence-electron chi connectivity index (χ4n) is 1.34. The highest BCUT2D eigenvalue weighted by molar-refractivity contribution is 5.92. The van der Waals surface area contributed by atoms with Crippen LogP contribution in [0.3, 0.4) is 0 Å². The molecule has 0 aliphatic heterocycles. The summed E-state index contributed by atoms with van der Waals surface area (Å²) in [6.45, 7) is 7.90. The van der Waals surface area contributed by atoms with Gasteiger partial charge < -0.3 is 10.1 Å². The van der Waals surface area contributed by atoms with Gasteiger partial charge in [-0.3, -0.25) is 4.79 Å². The summed E-state index contributed by atoms with van der Waals surface area (Å²) < 4.78 is 5.53. The summed E-state index contributed by atoms with van der Waals surface area (Å²) in [5.41, 5.74) is 0.811. The molecule has 0 aliphatic carbocycles. The third-order valence-electron chi connectivity index (χ3n) is 2.55. The summed E-state index contributed by atoms with van der Waals surface area (Å²) in [6.07, 6.45) is 1.01. The van der Waals surface area contributed by atoms with Gasteiger partial charge in [-0.15, -0.1) is 0 Å². The number of amides is 1. The zero-order valence-electron chi connectivity index (χ0n) is 11.0. The summed E-state index contributed by atoms with van der Waals surface area (Å²) >= 11 is 0. The molecule has 0 aliphatic rings. The van der Waals surface area contributed by atoms with Crippen LogP contribution in [0.4, 0.5) is 5.69 Å². The Bertz CT molecular complexity index is 357. The molecule has 1 rings (SSSR count). The van der Waals surface area contributed by atoms with E-state index in [1.54, 1.807) is 0 Å². The van der Waals surface area contributed by atoms with E-state index in [9.17, 15) is 4.79 Å². The van der Waals surface area contributed by atoms with Crippen LogP contribution < -0.4 is 10.1 Å². The van der Waals surface area contributed by atoms with Crippen molar-refractivity contribution in [3.8, 4) is 5.75 Å². The van der Waals surface area contributed by atoms with Crippen molar-refractivity contribution in [2.45, 2.75) is 40.2 Å². The molecule has 0 aromatic heterocycles. The monoisotopic (exact) mass is 235 g/mol. The SMILES string of the molecule is CC[C@H](C)C(=O)Nc1ccc(OC(C)C)cc1. The lowest BCUT2D eigenvalue weighted by molar-refractivity contribution is -0.119. The van der Waals surface area contributed by atoms with E-state index in [2.05, 4.69) is 5.32 Å². The van der Waals surface area contributed by atoms with E-state index >= 15 is 0 Å². The zero-order valence-corrected chi connectivity index (χ0v) is 11.0. The smallest absolute Gasteiger partial charge is 0.227 e. The van der Waals surface area contributed by atoms with Gasteiger partial charge in [0.2, 0.25) is 5.91 Å². The number of carbonyl (C=O) groups is 1. The Morgan fingerprint density at radius 1 is 1.24 bits per heavy atom. The fraction of sp³-hybridized carbons (Fsp3) is 0.500. The van der Waals surface area contributed by atoms with E-state index in [0.29, 0.717) is 0 Å². The molecule has 0 bridgehead atoms. The van der Waals surface area contributed by atoms with Crippen LogP contribution in [0, 0.1) is 5.92 Å². The predicted octanol–water partition coefficient (Wildman–Crippen LogP) is 3.46. The average Bonchev–Trinajstić information content (AvgIpc) is 2.30. The van der Waals surface area contributed by atoms with Crippen LogP contribution in [-0.2, 0) is 4.79 Å². The number of benzene rings is 1. The third kappa shape index (κ3) is 4.47. The minimum atomic E-state index is 0.0431. The quantitative estimate of drug-likeness (QED) is 0.848. The number of anilines is 1. The Morgan fingerprint density at radius 3 is 2.29 bits per heavy atom. The standard InChI is InChI=1S/C14H21NO2/c1-5-11(4)14(16)15-12-6-8-13(9-7-12)17-10(2)3/h6-11H,5H2,1-4H3,(H,15,16)/t11-/m0/s1. The van der Waals surface area contributed by atoms with E-state index < -0.39 is 0 Å². The minimum absolute atomic E-state index is 0.0431. The van der Waals surface area contributed by atoms with Crippen molar-refractivity contribution in [1.82, 2.24) is 0 Å². The molecular weight excluding hydrogens is 214 g/mol. The molecule has 0 unspecified atom stereocenters. The van der Waals surface area contributed by atoms with Crippen LogP contribution in [0.25, 0.3) is 0 Å². The average molecular weight is 235 g/mol. The lowest BCUT2D eigenvalue weighted by atomic mass is 10.1. The van der Waals surface area contributed by atoms with Crippen LogP contribution in [0.5, 0.6) is 5.75 Å². The van der Waals surface area contributed by atoms with Crippen molar-refractivity contribution < 1.29 is 9.53 Å². The van der Waals surface area contributed by atoms with E-state index in [0.717, 1.165) is 17.9 Å². The zero-order chi connectivity index (χ0) is 12.8. The second-order valence-electron chi connectivity index (χ2n) is 4.49. The Hall–Kier alpha value is -1.51. The van der Waals surface area contributed by atoms with Gasteiger partial charge in [0.05, 0.1) is 6.10 Å². The molecule has 0 saturated heterocycles. The molecule has 1 aromatic rings. The van der Waals surface area contributed by atoms with Gasteiger partial charge in [0.15, 0.2) is 0 Å². The van der Waals surface area contributed by atoms with Gasteiger partial charge in [-0.05, 0) is 44.5 Å². The molecule has 1 atom stereocenters. The largest absolute Gasteiger partial charge is 0.491 e. The van der Waals surface area contributed by atoms with Crippen LogP contribution in [0.2, 0.25) is 0 Å². The highest BCUT2D eigenvalue weighted by Crippen LogP contribution is 2.17. The van der Waals surface area contributed by atoms with Crippen molar-refractivity contribution >= 4 is 11.6 Å². The second-order valence-corrected chi connectivity index (χ2v) is 4.49. The van der Waals surface area contributed by atoms with Gasteiger partial charge in [-0.1, -0.05) is 13.8 Å². The Labute approximate surface area is 103 Å². The molecule has 0 spiro atoms. The van der Waals surface area contributed by atoms with Crippen molar-refractivity contribution in [3.05, 3.63) is 24.3 Å². The lowest BCUT2D eigenvalue weighted by Crippen LogP contribution is -2.19. The number of ether oxygens (including phenoxy) is 1. The molecule has 0 radical (unpaired) electrons. The summed E-state index contributed by atoms with van der Waals surface area (Å²) in [5, 5.41) is 2.88. The van der Waals surface area contributed by atoms with E-state index in [1.807, 2.05) is 52.0 Å². The number of rotatable bonds is 5. The molecule has 0 fully saturated rings. The first-order valence-corrected chi connectivity index (χ1v) is 6.10. The summed E-state index contributed by atoms with van der Waals surface area (Å²) in [5.74, 6) is 0.924. The van der Waals surface area contributed by atoms with Gasteiger partial charge in [-0.2, -0.15) is 0 Å². The number of hydrogen-bond donors (Lipinski definition) is 1. The van der Waals surface area contributed by atoms with Crippen LogP contribution in [-0.4, -0.2) is 12.0 Å². The van der Waals surface area contributed by atoms with Crippen molar-refractivity contribution in [2.24, 2.45) is 5.92 Å². The highest BCUT2D eigenvalue weighted by Gasteiger charge is 2.10. The van der Waals surface area contributed by atoms with E-state index in [-0.39, 0.29) is 17.9 Å². The Morgan fingerprint density at radius 2 is 1.82 bits per heavy atom. The maximum absolute atomic E-state index is 11.7. The van der Waals surface area contributed by atoms with Crippen LogP contribution in [0.15, 0.2) is 24.3 Å². The summed E-state index contributed by atoms with van der Waals surface area (Å²) in [6, 6.07) is 7.45. The number of nitrogens with one attached hydrogen (secondary N) is 1. The summed E-state index contributed by atoms with van der Waals surface area (Å²) in [7, 11) is 0. The Balaban J connectivity index is 2.59. The topological polar surface area (TPSA) is 38.3 Å². The maximum atomic E-state index is 11.7. The third-order valence-corrected chi connectivity index (χ3v) is 2.55. The van der Waals surface area contributed by atoms with Gasteiger partial charge >= 0.3 is 0 Å². The van der Waals surface area contributed by atoms with Gasteiger partial charge in [0, 0.05) is 11.6 Å². The molecule has 3 heteroatoms. The number of hydrogen-bond acceptors (Lipinski definition) is 2. The van der Waals surface area contributed by atoms with E-state index in [1.165, 1.54) is 0 Å². The molecule has 94 valence electrons. The first-order valence-electron chi connectivity index (χ1n) is 6.10. The molecular formula is C14H21NO2. The molecule has 3 nitrogen and oxygen atoms in total. The predicted molar refractivity (Wildman–Crippen MR) is 70.3 cm³/mol. The maximum Gasteiger partial charge on any atom is 0.227 e. The van der Waals surface area contributed by atoms with Crippen LogP contribution >= 0.6 is 0 Å². The van der Waals surface area contributed by atoms with Gasteiger partial charge in [0.1, 0.15) is 5.75 Å².